The summed E-state index contributed by atoms with van der Waals surface area (Å²) in [7, 11) is 0. The van der Waals surface area contributed by atoms with Gasteiger partial charge in [-0.2, -0.15) is 0 Å². The Balaban J connectivity index is 1.89. The normalized spacial score (nSPS) is 10.6. The molecule has 0 spiro atoms. The molecule has 0 aliphatic rings. The van der Waals surface area contributed by atoms with Gasteiger partial charge in [0.15, 0.2) is 0 Å². The van der Waals surface area contributed by atoms with Crippen molar-refractivity contribution in [2.75, 3.05) is 31.7 Å². The number of hydrogen-bond donors (Lipinski definition) is 1. The number of ether oxygens (including phenoxy) is 3. The van der Waals surface area contributed by atoms with E-state index in [1.807, 2.05) is 49.4 Å². The molecule has 0 unspecified atom stereocenters. The highest BCUT2D eigenvalue weighted by Gasteiger charge is 2.06. The number of unbranched alkanes of at least 4 members (excludes halogenated alkanes) is 3. The van der Waals surface area contributed by atoms with Crippen molar-refractivity contribution in [3.8, 4) is 11.5 Å². The van der Waals surface area contributed by atoms with Gasteiger partial charge in [-0.15, -0.1) is 0 Å². The van der Waals surface area contributed by atoms with Crippen LogP contribution >= 0.6 is 0 Å². The summed E-state index contributed by atoms with van der Waals surface area (Å²) in [4.78, 5) is 0. The van der Waals surface area contributed by atoms with Crippen LogP contribution in [-0.4, -0.2) is 26.4 Å². The summed E-state index contributed by atoms with van der Waals surface area (Å²) in [5.74, 6) is 1.80. The Bertz CT molecular complexity index is 645. The molecule has 2 aromatic rings. The van der Waals surface area contributed by atoms with Crippen LogP contribution in [0.1, 0.15) is 45.1 Å². The fraction of sp³-hybridized carbons (Fsp3) is 0.478. The van der Waals surface area contributed by atoms with Crippen LogP contribution in [0.15, 0.2) is 48.5 Å². The zero-order valence-electron chi connectivity index (χ0n) is 16.7. The van der Waals surface area contributed by atoms with E-state index in [1.54, 1.807) is 0 Å². The minimum Gasteiger partial charge on any atom is -0.493 e. The highest BCUT2D eigenvalue weighted by atomic mass is 16.5. The first-order valence-electron chi connectivity index (χ1n) is 10.1. The third-order valence-electron chi connectivity index (χ3n) is 4.27. The maximum Gasteiger partial charge on any atom is 0.142 e. The van der Waals surface area contributed by atoms with Crippen molar-refractivity contribution >= 4 is 5.69 Å². The SMILES string of the molecule is CCCCCCOc1ccccc1CNc1ccccc1OCCOCC. The molecule has 0 saturated heterocycles. The van der Waals surface area contributed by atoms with Gasteiger partial charge in [-0.1, -0.05) is 56.5 Å². The van der Waals surface area contributed by atoms with Crippen molar-refractivity contribution in [2.45, 2.75) is 46.1 Å². The first kappa shape index (κ1) is 21.1. The topological polar surface area (TPSA) is 39.7 Å². The Morgan fingerprint density at radius 3 is 2.30 bits per heavy atom. The van der Waals surface area contributed by atoms with Crippen LogP contribution in [0.5, 0.6) is 11.5 Å². The Morgan fingerprint density at radius 2 is 1.48 bits per heavy atom. The van der Waals surface area contributed by atoms with Gasteiger partial charge in [0, 0.05) is 18.7 Å². The average Bonchev–Trinajstić information content (AvgIpc) is 2.71. The zero-order valence-corrected chi connectivity index (χ0v) is 16.7. The van der Waals surface area contributed by atoms with Gasteiger partial charge in [0.1, 0.15) is 18.1 Å². The van der Waals surface area contributed by atoms with Crippen LogP contribution in [0.4, 0.5) is 5.69 Å². The van der Waals surface area contributed by atoms with E-state index in [2.05, 4.69) is 18.3 Å². The van der Waals surface area contributed by atoms with E-state index in [0.717, 1.165) is 35.8 Å². The molecule has 0 bridgehead atoms. The molecule has 27 heavy (non-hydrogen) atoms. The van der Waals surface area contributed by atoms with Crippen LogP contribution < -0.4 is 14.8 Å². The lowest BCUT2D eigenvalue weighted by Crippen LogP contribution is -2.09. The summed E-state index contributed by atoms with van der Waals surface area (Å²) < 4.78 is 17.2. The number of nitrogens with one attached hydrogen (secondary N) is 1. The molecule has 4 nitrogen and oxygen atoms in total. The average molecular weight is 372 g/mol. The molecule has 0 atom stereocenters. The lowest BCUT2D eigenvalue weighted by atomic mass is 10.2. The van der Waals surface area contributed by atoms with Crippen molar-refractivity contribution in [3.05, 3.63) is 54.1 Å². The monoisotopic (exact) mass is 371 g/mol. The van der Waals surface area contributed by atoms with Crippen LogP contribution in [-0.2, 0) is 11.3 Å². The fourth-order valence-electron chi connectivity index (χ4n) is 2.79. The molecule has 2 rings (SSSR count). The molecule has 0 aliphatic carbocycles. The van der Waals surface area contributed by atoms with Gasteiger partial charge in [0.2, 0.25) is 0 Å². The number of rotatable bonds is 14. The fourth-order valence-corrected chi connectivity index (χ4v) is 2.79. The van der Waals surface area contributed by atoms with Gasteiger partial charge in [-0.3, -0.25) is 0 Å². The highest BCUT2D eigenvalue weighted by molar-refractivity contribution is 5.56. The molecule has 0 heterocycles. The largest absolute Gasteiger partial charge is 0.493 e. The van der Waals surface area contributed by atoms with Crippen molar-refractivity contribution in [3.63, 3.8) is 0 Å². The third-order valence-corrected chi connectivity index (χ3v) is 4.27. The van der Waals surface area contributed by atoms with E-state index < -0.39 is 0 Å². The predicted molar refractivity (Wildman–Crippen MR) is 112 cm³/mol. The molecule has 0 amide bonds. The summed E-state index contributed by atoms with van der Waals surface area (Å²) in [6.07, 6.45) is 4.84. The molecule has 0 aromatic heterocycles. The van der Waals surface area contributed by atoms with Crippen molar-refractivity contribution in [1.82, 2.24) is 0 Å². The Kier molecular flexibility index (Phi) is 10.2. The standard InChI is InChI=1S/C23H33NO3/c1-3-5-6-11-16-26-22-14-9-7-12-20(22)19-24-21-13-8-10-15-23(21)27-18-17-25-4-2/h7-10,12-15,24H,3-6,11,16-19H2,1-2H3. The number of benzene rings is 2. The number of para-hydroxylation sites is 3. The minimum absolute atomic E-state index is 0.546. The smallest absolute Gasteiger partial charge is 0.142 e. The first-order chi connectivity index (χ1) is 13.3. The molecule has 0 radical (unpaired) electrons. The van der Waals surface area contributed by atoms with Crippen LogP contribution in [0.2, 0.25) is 0 Å². The van der Waals surface area contributed by atoms with E-state index in [9.17, 15) is 0 Å². The molecular formula is C23H33NO3. The Labute approximate surface area is 163 Å². The Morgan fingerprint density at radius 1 is 0.741 bits per heavy atom. The Hall–Kier alpha value is -2.20. The van der Waals surface area contributed by atoms with Crippen LogP contribution in [0.3, 0.4) is 0 Å². The van der Waals surface area contributed by atoms with Crippen LogP contribution in [0.25, 0.3) is 0 Å². The van der Waals surface area contributed by atoms with Gasteiger partial charge in [0.05, 0.1) is 18.9 Å². The van der Waals surface area contributed by atoms with Crippen molar-refractivity contribution < 1.29 is 14.2 Å². The second-order valence-corrected chi connectivity index (χ2v) is 6.41. The van der Waals surface area contributed by atoms with E-state index in [4.69, 9.17) is 14.2 Å². The van der Waals surface area contributed by atoms with Gasteiger partial charge in [-0.25, -0.2) is 0 Å². The van der Waals surface area contributed by atoms with Crippen molar-refractivity contribution in [1.29, 1.82) is 0 Å². The second kappa shape index (κ2) is 13.0. The van der Waals surface area contributed by atoms with Crippen LogP contribution in [0, 0.1) is 0 Å². The molecule has 0 saturated carbocycles. The molecule has 4 heteroatoms. The summed E-state index contributed by atoms with van der Waals surface area (Å²) >= 11 is 0. The highest BCUT2D eigenvalue weighted by Crippen LogP contribution is 2.26. The molecule has 1 N–H and O–H groups in total. The third kappa shape index (κ3) is 7.92. The van der Waals surface area contributed by atoms with Crippen molar-refractivity contribution in [2.24, 2.45) is 0 Å². The van der Waals surface area contributed by atoms with E-state index in [1.165, 1.54) is 19.3 Å². The lowest BCUT2D eigenvalue weighted by Gasteiger charge is -2.15. The molecule has 0 aliphatic heterocycles. The lowest BCUT2D eigenvalue weighted by molar-refractivity contribution is 0.110. The summed E-state index contributed by atoms with van der Waals surface area (Å²) in [6, 6.07) is 16.2. The van der Waals surface area contributed by atoms with Gasteiger partial charge >= 0.3 is 0 Å². The number of anilines is 1. The summed E-state index contributed by atoms with van der Waals surface area (Å²) in [5.41, 5.74) is 2.13. The van der Waals surface area contributed by atoms with Gasteiger partial charge in [0.25, 0.3) is 0 Å². The molecule has 148 valence electrons. The van der Waals surface area contributed by atoms with E-state index in [-0.39, 0.29) is 0 Å². The molecule has 2 aromatic carbocycles. The predicted octanol–water partition coefficient (Wildman–Crippen LogP) is 5.67. The minimum atomic E-state index is 0.546. The summed E-state index contributed by atoms with van der Waals surface area (Å²) in [5, 5.41) is 3.48. The first-order valence-corrected chi connectivity index (χ1v) is 10.1. The van der Waals surface area contributed by atoms with E-state index in [0.29, 0.717) is 26.4 Å². The van der Waals surface area contributed by atoms with E-state index >= 15 is 0 Å². The zero-order chi connectivity index (χ0) is 19.2. The number of hydrogen-bond acceptors (Lipinski definition) is 4. The molecular weight excluding hydrogens is 338 g/mol. The second-order valence-electron chi connectivity index (χ2n) is 6.41. The quantitative estimate of drug-likeness (QED) is 0.434. The maximum absolute atomic E-state index is 6.01. The van der Waals surface area contributed by atoms with Gasteiger partial charge in [-0.05, 0) is 31.5 Å². The summed E-state index contributed by atoms with van der Waals surface area (Å²) in [6.45, 7) is 7.52. The molecule has 0 fully saturated rings. The van der Waals surface area contributed by atoms with Gasteiger partial charge < -0.3 is 19.5 Å². The maximum atomic E-state index is 6.01.